The lowest BCUT2D eigenvalue weighted by Crippen LogP contribution is -2.41. The van der Waals surface area contributed by atoms with E-state index in [0.29, 0.717) is 64.7 Å². The number of carbonyl (C=O) groups excluding carboxylic acids is 1. The number of hydrogen-bond donors (Lipinski definition) is 0. The number of aromatic nitrogens is 2. The average molecular weight is 420 g/mol. The van der Waals surface area contributed by atoms with Crippen molar-refractivity contribution in [2.75, 3.05) is 26.3 Å². The number of hydrogen-bond acceptors (Lipinski definition) is 4. The fraction of sp³-hybridized carbons (Fsp3) is 0.300. The van der Waals surface area contributed by atoms with Crippen LogP contribution in [0.5, 0.6) is 5.75 Å². The van der Waals surface area contributed by atoms with Crippen molar-refractivity contribution in [2.24, 2.45) is 0 Å². The number of imidazole rings is 1. The molecule has 8 heteroatoms. The quantitative estimate of drug-likeness (QED) is 0.640. The summed E-state index contributed by atoms with van der Waals surface area (Å²) in [6.45, 7) is 4.29. The first kappa shape index (κ1) is 19.1. The van der Waals surface area contributed by atoms with Crippen molar-refractivity contribution in [1.82, 2.24) is 14.3 Å². The molecule has 1 aliphatic heterocycles. The number of carbonyl (C=O) groups is 1. The van der Waals surface area contributed by atoms with Gasteiger partial charge in [-0.25, -0.2) is 4.98 Å². The van der Waals surface area contributed by atoms with Gasteiger partial charge in [-0.3, -0.25) is 9.20 Å². The van der Waals surface area contributed by atoms with Crippen molar-refractivity contribution in [3.63, 3.8) is 0 Å². The van der Waals surface area contributed by atoms with Crippen LogP contribution in [0.3, 0.4) is 0 Å². The van der Waals surface area contributed by atoms with Gasteiger partial charge in [0.25, 0.3) is 5.91 Å². The molecule has 28 heavy (non-hydrogen) atoms. The SMILES string of the molecule is Cc1nc2c(OCc3c(Cl)cccc3Cl)cccn2c1C(=O)N1CCOCC1. The molecule has 0 atom stereocenters. The second-order valence-corrected chi connectivity index (χ2v) is 7.32. The predicted molar refractivity (Wildman–Crippen MR) is 107 cm³/mol. The summed E-state index contributed by atoms with van der Waals surface area (Å²) in [4.78, 5) is 19.4. The minimum absolute atomic E-state index is 0.0559. The Morgan fingerprint density at radius 3 is 2.61 bits per heavy atom. The summed E-state index contributed by atoms with van der Waals surface area (Å²) in [5.74, 6) is 0.502. The Hall–Kier alpha value is -2.28. The van der Waals surface area contributed by atoms with Gasteiger partial charge in [-0.05, 0) is 31.2 Å². The summed E-state index contributed by atoms with van der Waals surface area (Å²) in [7, 11) is 0. The van der Waals surface area contributed by atoms with Crippen molar-refractivity contribution in [3.05, 3.63) is 63.5 Å². The van der Waals surface area contributed by atoms with Gasteiger partial charge in [0, 0.05) is 34.9 Å². The molecule has 0 saturated carbocycles. The molecule has 4 rings (SSSR count). The molecule has 0 N–H and O–H groups in total. The fourth-order valence-electron chi connectivity index (χ4n) is 3.26. The zero-order valence-corrected chi connectivity index (χ0v) is 16.8. The number of nitrogens with zero attached hydrogens (tertiary/aromatic N) is 3. The third-order valence-electron chi connectivity index (χ3n) is 4.72. The summed E-state index contributed by atoms with van der Waals surface area (Å²) in [5, 5.41) is 1.09. The van der Waals surface area contributed by atoms with Gasteiger partial charge >= 0.3 is 0 Å². The molecule has 0 radical (unpaired) electrons. The first-order valence-corrected chi connectivity index (χ1v) is 9.72. The Morgan fingerprint density at radius 1 is 1.18 bits per heavy atom. The Labute approximate surface area is 172 Å². The zero-order chi connectivity index (χ0) is 19.7. The van der Waals surface area contributed by atoms with Crippen LogP contribution >= 0.6 is 23.2 Å². The van der Waals surface area contributed by atoms with E-state index in [-0.39, 0.29) is 12.5 Å². The topological polar surface area (TPSA) is 56.1 Å². The maximum Gasteiger partial charge on any atom is 0.272 e. The lowest BCUT2D eigenvalue weighted by atomic mass is 10.2. The Bertz CT molecular complexity index is 1010. The Morgan fingerprint density at radius 2 is 1.89 bits per heavy atom. The van der Waals surface area contributed by atoms with Gasteiger partial charge in [0.15, 0.2) is 11.4 Å². The lowest BCUT2D eigenvalue weighted by Gasteiger charge is -2.26. The zero-order valence-electron chi connectivity index (χ0n) is 15.3. The molecular weight excluding hydrogens is 401 g/mol. The fourth-order valence-corrected chi connectivity index (χ4v) is 3.77. The van der Waals surface area contributed by atoms with Gasteiger partial charge in [-0.2, -0.15) is 0 Å². The molecule has 1 amide bonds. The maximum absolute atomic E-state index is 13.0. The lowest BCUT2D eigenvalue weighted by molar-refractivity contribution is 0.0297. The van der Waals surface area contributed by atoms with Gasteiger partial charge in [0.05, 0.1) is 18.9 Å². The van der Waals surface area contributed by atoms with E-state index in [1.807, 2.05) is 25.3 Å². The summed E-state index contributed by atoms with van der Waals surface area (Å²) < 4.78 is 13.1. The molecule has 2 aromatic heterocycles. The number of aryl methyl sites for hydroxylation is 1. The molecule has 1 aliphatic rings. The number of rotatable bonds is 4. The molecule has 3 aromatic rings. The molecule has 146 valence electrons. The largest absolute Gasteiger partial charge is 0.485 e. The van der Waals surface area contributed by atoms with Crippen LogP contribution in [-0.2, 0) is 11.3 Å². The highest BCUT2D eigenvalue weighted by molar-refractivity contribution is 6.35. The third kappa shape index (κ3) is 3.55. The van der Waals surface area contributed by atoms with Gasteiger partial charge in [-0.15, -0.1) is 0 Å². The standard InChI is InChI=1S/C20H19Cl2N3O3/c1-13-18(20(26)24-8-10-27-11-9-24)25-7-3-6-17(19(25)23-13)28-12-14-15(21)4-2-5-16(14)22/h2-7H,8-12H2,1H3. The highest BCUT2D eigenvalue weighted by Gasteiger charge is 2.25. The van der Waals surface area contributed by atoms with Gasteiger partial charge in [-0.1, -0.05) is 29.3 Å². The highest BCUT2D eigenvalue weighted by atomic mass is 35.5. The van der Waals surface area contributed by atoms with Crippen molar-refractivity contribution in [1.29, 1.82) is 0 Å². The number of benzene rings is 1. The first-order valence-electron chi connectivity index (χ1n) is 8.96. The summed E-state index contributed by atoms with van der Waals surface area (Å²) in [6.07, 6.45) is 1.82. The predicted octanol–water partition coefficient (Wildman–Crippen LogP) is 4.00. The van der Waals surface area contributed by atoms with Crippen molar-refractivity contribution in [2.45, 2.75) is 13.5 Å². The van der Waals surface area contributed by atoms with Crippen LogP contribution in [0, 0.1) is 6.92 Å². The molecule has 1 aromatic carbocycles. The van der Waals surface area contributed by atoms with Crippen molar-refractivity contribution < 1.29 is 14.3 Å². The molecule has 0 unspecified atom stereocenters. The van der Waals surface area contributed by atoms with E-state index < -0.39 is 0 Å². The van der Waals surface area contributed by atoms with E-state index in [4.69, 9.17) is 32.7 Å². The smallest absolute Gasteiger partial charge is 0.272 e. The van der Waals surface area contributed by atoms with Crippen molar-refractivity contribution >= 4 is 34.8 Å². The van der Waals surface area contributed by atoms with E-state index in [2.05, 4.69) is 4.98 Å². The Balaban J connectivity index is 1.65. The normalized spacial score (nSPS) is 14.5. The summed E-state index contributed by atoms with van der Waals surface area (Å²) in [5.41, 5.74) is 2.49. The third-order valence-corrected chi connectivity index (χ3v) is 5.43. The van der Waals surface area contributed by atoms with E-state index in [0.717, 1.165) is 0 Å². The van der Waals surface area contributed by atoms with Crippen LogP contribution in [0.15, 0.2) is 36.5 Å². The minimum Gasteiger partial charge on any atom is -0.485 e. The molecule has 0 spiro atoms. The van der Waals surface area contributed by atoms with E-state index in [1.165, 1.54) is 0 Å². The van der Waals surface area contributed by atoms with Gasteiger partial charge < -0.3 is 14.4 Å². The number of pyridine rings is 1. The monoisotopic (exact) mass is 419 g/mol. The van der Waals surface area contributed by atoms with Crippen LogP contribution in [0.2, 0.25) is 10.0 Å². The minimum atomic E-state index is -0.0559. The number of ether oxygens (including phenoxy) is 2. The second kappa shape index (κ2) is 7.99. The van der Waals surface area contributed by atoms with Crippen molar-refractivity contribution in [3.8, 4) is 5.75 Å². The molecule has 6 nitrogen and oxygen atoms in total. The van der Waals surface area contributed by atoms with Crippen LogP contribution in [0.1, 0.15) is 21.7 Å². The van der Waals surface area contributed by atoms with E-state index >= 15 is 0 Å². The molecule has 3 heterocycles. The number of amides is 1. The molecule has 1 saturated heterocycles. The Kier molecular flexibility index (Phi) is 5.44. The average Bonchev–Trinajstić information content (AvgIpc) is 3.04. The van der Waals surface area contributed by atoms with Crippen LogP contribution in [-0.4, -0.2) is 46.5 Å². The van der Waals surface area contributed by atoms with Gasteiger partial charge in [0.2, 0.25) is 0 Å². The first-order chi connectivity index (χ1) is 13.6. The maximum atomic E-state index is 13.0. The van der Waals surface area contributed by atoms with Crippen LogP contribution in [0.4, 0.5) is 0 Å². The van der Waals surface area contributed by atoms with E-state index in [9.17, 15) is 4.79 Å². The second-order valence-electron chi connectivity index (χ2n) is 6.51. The van der Waals surface area contributed by atoms with E-state index in [1.54, 1.807) is 27.5 Å². The molecular formula is C20H19Cl2N3O3. The molecule has 1 fully saturated rings. The van der Waals surface area contributed by atoms with Gasteiger partial charge in [0.1, 0.15) is 12.3 Å². The number of fused-ring (bicyclic) bond motifs is 1. The molecule has 0 aliphatic carbocycles. The van der Waals surface area contributed by atoms with Crippen LogP contribution < -0.4 is 4.74 Å². The number of morpholine rings is 1. The highest BCUT2D eigenvalue weighted by Crippen LogP contribution is 2.28. The van der Waals surface area contributed by atoms with Crippen LogP contribution in [0.25, 0.3) is 5.65 Å². The summed E-state index contributed by atoms with van der Waals surface area (Å²) in [6, 6.07) is 8.97. The number of halogens is 2. The molecule has 0 bridgehead atoms. The summed E-state index contributed by atoms with van der Waals surface area (Å²) >= 11 is 12.5.